The summed E-state index contributed by atoms with van der Waals surface area (Å²) in [5.74, 6) is -0.192. The molecule has 0 aliphatic carbocycles. The van der Waals surface area contributed by atoms with E-state index in [4.69, 9.17) is 9.47 Å². The third kappa shape index (κ3) is 38.9. The van der Waals surface area contributed by atoms with E-state index in [0.29, 0.717) is 6.42 Å². The highest BCUT2D eigenvalue weighted by atomic mass is 16.7. The average molecular weight is 971 g/mol. The van der Waals surface area contributed by atoms with Crippen molar-refractivity contribution >= 4 is 5.91 Å². The van der Waals surface area contributed by atoms with Gasteiger partial charge in [-0.3, -0.25) is 4.79 Å². The smallest absolute Gasteiger partial charge is 0.220 e. The maximum Gasteiger partial charge on any atom is 0.220 e. The van der Waals surface area contributed by atoms with Gasteiger partial charge in [-0.1, -0.05) is 241 Å². The Morgan fingerprint density at radius 2 is 0.913 bits per heavy atom. The van der Waals surface area contributed by atoms with Gasteiger partial charge in [0.05, 0.1) is 25.4 Å². The number of unbranched alkanes of at least 4 members (excludes halogenated alkanes) is 28. The number of aliphatic hydroxyl groups excluding tert-OH is 5. The van der Waals surface area contributed by atoms with Crippen LogP contribution in [0.3, 0.4) is 0 Å². The Kier molecular flexibility index (Phi) is 46.1. The molecule has 9 heteroatoms. The number of nitrogens with one attached hydrogen (secondary N) is 1. The number of carbonyl (C=O) groups excluding carboxylic acids is 1. The number of hydrogen-bond donors (Lipinski definition) is 6. The Morgan fingerprint density at radius 1 is 0.507 bits per heavy atom. The number of hydrogen-bond acceptors (Lipinski definition) is 8. The quantitative estimate of drug-likeness (QED) is 0.0261. The lowest BCUT2D eigenvalue weighted by molar-refractivity contribution is -0.302. The Balaban J connectivity index is 2.27. The van der Waals surface area contributed by atoms with Crippen LogP contribution in [0, 0.1) is 0 Å². The molecule has 1 saturated heterocycles. The number of allylic oxidation sites excluding steroid dienone is 11. The van der Waals surface area contributed by atoms with Gasteiger partial charge in [-0.15, -0.1) is 0 Å². The highest BCUT2D eigenvalue weighted by molar-refractivity contribution is 5.76. The van der Waals surface area contributed by atoms with Crippen LogP contribution in [0.15, 0.2) is 72.9 Å². The number of carbonyl (C=O) groups is 1. The monoisotopic (exact) mass is 970 g/mol. The minimum Gasteiger partial charge on any atom is -0.394 e. The van der Waals surface area contributed by atoms with E-state index < -0.39 is 49.5 Å². The fraction of sp³-hybridized carbons (Fsp3) is 0.783. The van der Waals surface area contributed by atoms with Crippen LogP contribution in [0.25, 0.3) is 0 Å². The molecule has 6 N–H and O–H groups in total. The summed E-state index contributed by atoms with van der Waals surface area (Å²) in [7, 11) is 0. The SMILES string of the molecule is CC/C=C\C/C=C\C/C=C\C/C=C\CCCCCCCCCCCCC(=O)NC(COC1OC(CO)C(O)C(O)C1O)C(O)/C=C/CC/C=C/CCCCCCCCCCCCCCCCCCC. The summed E-state index contributed by atoms with van der Waals surface area (Å²) in [6.45, 7) is 3.66. The predicted octanol–water partition coefficient (Wildman–Crippen LogP) is 14.1. The third-order valence-corrected chi connectivity index (χ3v) is 13.3. The van der Waals surface area contributed by atoms with Crippen molar-refractivity contribution in [1.29, 1.82) is 0 Å². The second-order valence-electron chi connectivity index (χ2n) is 19.7. The van der Waals surface area contributed by atoms with Crippen molar-refractivity contribution in [3.63, 3.8) is 0 Å². The molecule has 1 heterocycles. The normalized spacial score (nSPS) is 20.0. The molecule has 0 aromatic rings. The van der Waals surface area contributed by atoms with Crippen molar-refractivity contribution in [2.24, 2.45) is 0 Å². The molecule has 1 aliphatic rings. The minimum atomic E-state index is -1.58. The lowest BCUT2D eigenvalue weighted by atomic mass is 9.99. The van der Waals surface area contributed by atoms with E-state index in [1.54, 1.807) is 6.08 Å². The van der Waals surface area contributed by atoms with Crippen molar-refractivity contribution in [3.8, 4) is 0 Å². The summed E-state index contributed by atoms with van der Waals surface area (Å²) in [6.07, 6.45) is 61.1. The second-order valence-corrected chi connectivity index (χ2v) is 19.7. The van der Waals surface area contributed by atoms with Gasteiger partial charge in [0.1, 0.15) is 24.4 Å². The highest BCUT2D eigenvalue weighted by Gasteiger charge is 2.44. The maximum atomic E-state index is 13.1. The van der Waals surface area contributed by atoms with Crippen LogP contribution in [0.2, 0.25) is 0 Å². The average Bonchev–Trinajstić information content (AvgIpc) is 3.35. The van der Waals surface area contributed by atoms with Gasteiger partial charge in [-0.25, -0.2) is 0 Å². The molecule has 7 unspecified atom stereocenters. The van der Waals surface area contributed by atoms with Crippen LogP contribution in [0.5, 0.6) is 0 Å². The first kappa shape index (κ1) is 64.6. The van der Waals surface area contributed by atoms with E-state index in [1.807, 2.05) is 6.08 Å². The minimum absolute atomic E-state index is 0.192. The summed E-state index contributed by atoms with van der Waals surface area (Å²) in [5, 5.41) is 54.5. The molecule has 7 atom stereocenters. The molecule has 1 aliphatic heterocycles. The van der Waals surface area contributed by atoms with Crippen LogP contribution in [-0.2, 0) is 14.3 Å². The molecule has 69 heavy (non-hydrogen) atoms. The van der Waals surface area contributed by atoms with Crippen molar-refractivity contribution in [2.45, 2.75) is 288 Å². The van der Waals surface area contributed by atoms with E-state index in [-0.39, 0.29) is 12.5 Å². The molecular formula is C60H107NO8. The Bertz CT molecular complexity index is 1310. The van der Waals surface area contributed by atoms with E-state index >= 15 is 0 Å². The largest absolute Gasteiger partial charge is 0.394 e. The van der Waals surface area contributed by atoms with E-state index in [1.165, 1.54) is 148 Å². The molecule has 0 saturated carbocycles. The summed E-state index contributed by atoms with van der Waals surface area (Å²) in [6, 6.07) is -0.828. The lowest BCUT2D eigenvalue weighted by Gasteiger charge is -2.40. The van der Waals surface area contributed by atoms with Crippen molar-refractivity contribution in [3.05, 3.63) is 72.9 Å². The lowest BCUT2D eigenvalue weighted by Crippen LogP contribution is -2.60. The Labute approximate surface area is 423 Å². The van der Waals surface area contributed by atoms with Gasteiger partial charge in [0.15, 0.2) is 6.29 Å². The van der Waals surface area contributed by atoms with Gasteiger partial charge >= 0.3 is 0 Å². The Hall–Kier alpha value is -2.37. The highest BCUT2D eigenvalue weighted by Crippen LogP contribution is 2.23. The van der Waals surface area contributed by atoms with Gasteiger partial charge in [0.2, 0.25) is 5.91 Å². The first-order chi connectivity index (χ1) is 33.8. The van der Waals surface area contributed by atoms with Gasteiger partial charge in [0, 0.05) is 6.42 Å². The van der Waals surface area contributed by atoms with Crippen LogP contribution >= 0.6 is 0 Å². The zero-order valence-electron chi connectivity index (χ0n) is 44.3. The molecular weight excluding hydrogens is 863 g/mol. The summed E-state index contributed by atoms with van der Waals surface area (Å²) in [4.78, 5) is 13.1. The van der Waals surface area contributed by atoms with Gasteiger partial charge in [-0.2, -0.15) is 0 Å². The molecule has 0 aromatic heterocycles. The maximum absolute atomic E-state index is 13.1. The van der Waals surface area contributed by atoms with E-state index in [0.717, 1.165) is 77.0 Å². The van der Waals surface area contributed by atoms with Crippen LogP contribution < -0.4 is 5.32 Å². The van der Waals surface area contributed by atoms with Crippen LogP contribution in [0.4, 0.5) is 0 Å². The number of rotatable bonds is 48. The molecule has 0 bridgehead atoms. The number of amides is 1. The van der Waals surface area contributed by atoms with E-state index in [9.17, 15) is 30.3 Å². The van der Waals surface area contributed by atoms with Crippen molar-refractivity contribution in [2.75, 3.05) is 13.2 Å². The summed E-state index contributed by atoms with van der Waals surface area (Å²) < 4.78 is 11.3. The van der Waals surface area contributed by atoms with Crippen molar-refractivity contribution < 1.29 is 39.8 Å². The molecule has 0 spiro atoms. The zero-order valence-corrected chi connectivity index (χ0v) is 44.3. The van der Waals surface area contributed by atoms with E-state index in [2.05, 4.69) is 79.9 Å². The summed E-state index contributed by atoms with van der Waals surface area (Å²) >= 11 is 0. The third-order valence-electron chi connectivity index (χ3n) is 13.3. The second kappa shape index (κ2) is 49.2. The molecule has 1 rings (SSSR count). The van der Waals surface area contributed by atoms with Gasteiger partial charge < -0.3 is 40.3 Å². The zero-order chi connectivity index (χ0) is 50.1. The predicted molar refractivity (Wildman–Crippen MR) is 290 cm³/mol. The first-order valence-electron chi connectivity index (χ1n) is 28.7. The van der Waals surface area contributed by atoms with Gasteiger partial charge in [-0.05, 0) is 70.6 Å². The van der Waals surface area contributed by atoms with Crippen LogP contribution in [0.1, 0.15) is 245 Å². The fourth-order valence-corrected chi connectivity index (χ4v) is 8.75. The fourth-order valence-electron chi connectivity index (χ4n) is 8.75. The molecule has 9 nitrogen and oxygen atoms in total. The molecule has 400 valence electrons. The molecule has 0 aromatic carbocycles. The molecule has 0 radical (unpaired) electrons. The van der Waals surface area contributed by atoms with Gasteiger partial charge in [0.25, 0.3) is 0 Å². The van der Waals surface area contributed by atoms with Crippen molar-refractivity contribution in [1.82, 2.24) is 5.32 Å². The molecule has 1 fully saturated rings. The topological polar surface area (TPSA) is 149 Å². The number of aliphatic hydroxyl groups is 5. The standard InChI is InChI=1S/C60H107NO8/c1-3-5-7-9-11-13-15-17-19-21-23-25-27-29-31-33-35-37-39-41-43-45-47-49-54(63)53(52-68-60-59(67)58(66)57(65)55(51-62)69-60)61-56(64)50-48-46-44-42-40-38-36-34-32-30-28-26-24-22-20-18-16-14-12-10-8-6-4-2/h6,8,12,14,18,20,24,26,39,41,47,49,53-55,57-60,62-63,65-67H,3-5,7,9-11,13,15-17,19,21-23,25,27-38,40,42-46,48,50-52H2,1-2H3,(H,61,64)/b8-6-,14-12-,20-18-,26-24-,41-39+,49-47+. The first-order valence-corrected chi connectivity index (χ1v) is 28.7. The Morgan fingerprint density at radius 3 is 1.39 bits per heavy atom. The summed E-state index contributed by atoms with van der Waals surface area (Å²) in [5.41, 5.74) is 0. The number of ether oxygens (including phenoxy) is 2. The van der Waals surface area contributed by atoms with Crippen LogP contribution in [-0.4, -0.2) is 87.5 Å². The molecule has 1 amide bonds.